The zero-order chi connectivity index (χ0) is 22.5. The summed E-state index contributed by atoms with van der Waals surface area (Å²) in [6.07, 6.45) is 0. The van der Waals surface area contributed by atoms with Crippen LogP contribution in [0.25, 0.3) is 11.1 Å². The second-order valence-corrected chi connectivity index (χ2v) is 7.75. The van der Waals surface area contributed by atoms with Crippen LogP contribution >= 0.6 is 0 Å². The molecule has 31 heavy (non-hydrogen) atoms. The van der Waals surface area contributed by atoms with Gasteiger partial charge in [0.1, 0.15) is 24.5 Å². The Hall–Kier alpha value is -3.10. The minimum Gasteiger partial charge on any atom is -0.388 e. The van der Waals surface area contributed by atoms with Gasteiger partial charge in [-0.1, -0.05) is 50.2 Å². The normalized spacial score (nSPS) is 17.2. The van der Waals surface area contributed by atoms with E-state index in [0.717, 1.165) is 21.6 Å². The second kappa shape index (κ2) is 9.80. The van der Waals surface area contributed by atoms with Gasteiger partial charge in [-0.15, -0.1) is 0 Å². The van der Waals surface area contributed by atoms with Crippen molar-refractivity contribution in [3.63, 3.8) is 0 Å². The molecule has 3 rings (SSSR count). The maximum atomic E-state index is 13.4. The number of halogens is 1. The first-order valence-corrected chi connectivity index (χ1v) is 10.0. The third kappa shape index (κ3) is 5.15. The van der Waals surface area contributed by atoms with Gasteiger partial charge < -0.3 is 15.2 Å². The molecule has 0 saturated carbocycles. The van der Waals surface area contributed by atoms with Crippen LogP contribution in [0.2, 0.25) is 0 Å². The quantitative estimate of drug-likeness (QED) is 0.599. The summed E-state index contributed by atoms with van der Waals surface area (Å²) in [5.41, 5.74) is 2.48. The third-order valence-corrected chi connectivity index (χ3v) is 5.11. The van der Waals surface area contributed by atoms with Crippen LogP contribution in [0, 0.1) is 11.7 Å². The Balaban J connectivity index is 1.58. The fourth-order valence-corrected chi connectivity index (χ4v) is 3.59. The lowest BCUT2D eigenvalue weighted by Crippen LogP contribution is -2.49. The van der Waals surface area contributed by atoms with Crippen molar-refractivity contribution in [1.29, 1.82) is 0 Å². The molecule has 0 radical (unpaired) electrons. The van der Waals surface area contributed by atoms with E-state index >= 15 is 0 Å². The van der Waals surface area contributed by atoms with Gasteiger partial charge in [0.25, 0.3) is 5.91 Å². The molecular weight excluding hydrogens is 403 g/mol. The number of Topliss-reactive ketones (excluding diaryl/α,β-unsaturated/α-hetero) is 1. The summed E-state index contributed by atoms with van der Waals surface area (Å²) in [6, 6.07) is 11.1. The number of ketones is 1. The standard InChI is InChI=1S/C23H25FN2O5/c1-14(2)21(20(28)11-27)26-22(29)19(25-23(26)30)13-31-12-15-6-8-16(9-7-15)17-4-3-5-18(24)10-17/h3-10,14,19,21,27H,11-13H2,1-2H3,(H,25,30)/t19-,21+/m0/s1. The number of urea groups is 1. The molecule has 7 nitrogen and oxygen atoms in total. The lowest BCUT2D eigenvalue weighted by molar-refractivity contribution is -0.138. The van der Waals surface area contributed by atoms with Crippen LogP contribution in [0.5, 0.6) is 0 Å². The van der Waals surface area contributed by atoms with Gasteiger partial charge in [-0.3, -0.25) is 14.5 Å². The molecule has 1 fully saturated rings. The molecule has 164 valence electrons. The molecule has 2 aromatic rings. The Morgan fingerprint density at radius 3 is 2.48 bits per heavy atom. The average molecular weight is 428 g/mol. The number of amides is 3. The number of imide groups is 1. The van der Waals surface area contributed by atoms with Crippen molar-refractivity contribution in [2.24, 2.45) is 5.92 Å². The van der Waals surface area contributed by atoms with Gasteiger partial charge in [-0.05, 0) is 34.7 Å². The molecule has 8 heteroatoms. The van der Waals surface area contributed by atoms with E-state index in [1.54, 1.807) is 19.9 Å². The van der Waals surface area contributed by atoms with Gasteiger partial charge in [-0.25, -0.2) is 9.18 Å². The summed E-state index contributed by atoms with van der Waals surface area (Å²) in [4.78, 5) is 37.8. The van der Waals surface area contributed by atoms with Crippen molar-refractivity contribution in [2.45, 2.75) is 32.5 Å². The van der Waals surface area contributed by atoms with E-state index < -0.39 is 36.4 Å². The van der Waals surface area contributed by atoms with E-state index in [0.29, 0.717) is 0 Å². The summed E-state index contributed by atoms with van der Waals surface area (Å²) in [6.45, 7) is 2.83. The van der Waals surface area contributed by atoms with Crippen LogP contribution in [-0.2, 0) is 20.9 Å². The summed E-state index contributed by atoms with van der Waals surface area (Å²) in [5.74, 6) is -1.77. The number of hydrogen-bond acceptors (Lipinski definition) is 5. The maximum absolute atomic E-state index is 13.4. The molecule has 3 amide bonds. The highest BCUT2D eigenvalue weighted by molar-refractivity contribution is 6.08. The SMILES string of the molecule is CC(C)[C@H](C(=O)CO)N1C(=O)N[C@@H](COCc2ccc(-c3cccc(F)c3)cc2)C1=O. The predicted octanol–water partition coefficient (Wildman–Crippen LogP) is 2.52. The van der Waals surface area contributed by atoms with Gasteiger partial charge in [0.05, 0.1) is 13.2 Å². The van der Waals surface area contributed by atoms with Crippen molar-refractivity contribution in [3.05, 3.63) is 59.9 Å². The number of rotatable bonds is 9. The van der Waals surface area contributed by atoms with E-state index in [9.17, 15) is 18.8 Å². The van der Waals surface area contributed by atoms with E-state index in [1.807, 2.05) is 30.3 Å². The molecule has 0 bridgehead atoms. The number of nitrogens with zero attached hydrogens (tertiary/aromatic N) is 1. The van der Waals surface area contributed by atoms with Crippen LogP contribution in [0.1, 0.15) is 19.4 Å². The first-order valence-electron chi connectivity index (χ1n) is 10.0. The van der Waals surface area contributed by atoms with Gasteiger partial charge in [0, 0.05) is 0 Å². The zero-order valence-electron chi connectivity index (χ0n) is 17.4. The minimum atomic E-state index is -1.02. The summed E-state index contributed by atoms with van der Waals surface area (Å²) in [7, 11) is 0. The first kappa shape index (κ1) is 22.6. The first-order chi connectivity index (χ1) is 14.8. The van der Waals surface area contributed by atoms with E-state index in [-0.39, 0.29) is 24.9 Å². The lowest BCUT2D eigenvalue weighted by atomic mass is 9.98. The molecule has 1 aliphatic heterocycles. The Bertz CT molecular complexity index is 961. The molecule has 1 heterocycles. The molecule has 1 aliphatic rings. The molecular formula is C23H25FN2O5. The highest BCUT2D eigenvalue weighted by Gasteiger charge is 2.45. The molecule has 0 spiro atoms. The molecule has 2 aromatic carbocycles. The number of carbonyl (C=O) groups is 3. The topological polar surface area (TPSA) is 95.9 Å². The lowest BCUT2D eigenvalue weighted by Gasteiger charge is -2.26. The molecule has 0 unspecified atom stereocenters. The molecule has 2 atom stereocenters. The van der Waals surface area contributed by atoms with Crippen molar-refractivity contribution < 1.29 is 28.6 Å². The van der Waals surface area contributed by atoms with Gasteiger partial charge in [0.2, 0.25) is 0 Å². The van der Waals surface area contributed by atoms with Gasteiger partial charge in [-0.2, -0.15) is 0 Å². The number of aliphatic hydroxyl groups is 1. The number of nitrogens with one attached hydrogen (secondary N) is 1. The Labute approximate surface area is 179 Å². The van der Waals surface area contributed by atoms with E-state index in [2.05, 4.69) is 5.32 Å². The average Bonchev–Trinajstić information content (AvgIpc) is 3.02. The van der Waals surface area contributed by atoms with Crippen molar-refractivity contribution in [2.75, 3.05) is 13.2 Å². The highest BCUT2D eigenvalue weighted by Crippen LogP contribution is 2.21. The van der Waals surface area contributed by atoms with Crippen LogP contribution in [0.3, 0.4) is 0 Å². The van der Waals surface area contributed by atoms with E-state index in [1.165, 1.54) is 12.1 Å². The summed E-state index contributed by atoms with van der Waals surface area (Å²) < 4.78 is 19.0. The number of aliphatic hydroxyl groups excluding tert-OH is 1. The Kier molecular flexibility index (Phi) is 7.14. The zero-order valence-corrected chi connectivity index (χ0v) is 17.4. The fourth-order valence-electron chi connectivity index (χ4n) is 3.59. The number of ether oxygens (including phenoxy) is 1. The second-order valence-electron chi connectivity index (χ2n) is 7.75. The van der Waals surface area contributed by atoms with Crippen LogP contribution < -0.4 is 5.32 Å². The monoisotopic (exact) mass is 428 g/mol. The summed E-state index contributed by atoms with van der Waals surface area (Å²) in [5, 5.41) is 11.7. The maximum Gasteiger partial charge on any atom is 0.325 e. The van der Waals surface area contributed by atoms with Gasteiger partial charge >= 0.3 is 6.03 Å². The van der Waals surface area contributed by atoms with E-state index in [4.69, 9.17) is 9.84 Å². The van der Waals surface area contributed by atoms with Gasteiger partial charge in [0.15, 0.2) is 5.78 Å². The molecule has 1 saturated heterocycles. The number of carbonyl (C=O) groups excluding carboxylic acids is 3. The number of hydrogen-bond donors (Lipinski definition) is 2. The molecule has 2 N–H and O–H groups in total. The predicted molar refractivity (Wildman–Crippen MR) is 111 cm³/mol. The smallest absolute Gasteiger partial charge is 0.325 e. The number of benzene rings is 2. The van der Waals surface area contributed by atoms with Crippen molar-refractivity contribution in [1.82, 2.24) is 10.2 Å². The van der Waals surface area contributed by atoms with Crippen LogP contribution in [0.4, 0.5) is 9.18 Å². The van der Waals surface area contributed by atoms with Crippen molar-refractivity contribution in [3.8, 4) is 11.1 Å². The van der Waals surface area contributed by atoms with Crippen molar-refractivity contribution >= 4 is 17.7 Å². The fraction of sp³-hybridized carbons (Fsp3) is 0.348. The minimum absolute atomic E-state index is 0.0507. The third-order valence-electron chi connectivity index (χ3n) is 5.11. The highest BCUT2D eigenvalue weighted by atomic mass is 19.1. The summed E-state index contributed by atoms with van der Waals surface area (Å²) >= 11 is 0. The molecule has 0 aliphatic carbocycles. The Morgan fingerprint density at radius 1 is 1.16 bits per heavy atom. The largest absolute Gasteiger partial charge is 0.388 e. The van der Waals surface area contributed by atoms with Crippen LogP contribution in [0.15, 0.2) is 48.5 Å². The Morgan fingerprint density at radius 2 is 1.87 bits per heavy atom. The van der Waals surface area contributed by atoms with Crippen LogP contribution in [-0.4, -0.2) is 53.0 Å². The molecule has 0 aromatic heterocycles.